The lowest BCUT2D eigenvalue weighted by atomic mass is 9.77. The maximum atomic E-state index is 13.6. The van der Waals surface area contributed by atoms with Gasteiger partial charge in [-0.1, -0.05) is 46.3 Å². The van der Waals surface area contributed by atoms with Gasteiger partial charge >= 0.3 is 0 Å². The molecule has 3 aliphatic rings. The van der Waals surface area contributed by atoms with Crippen LogP contribution in [-0.2, 0) is 20.7 Å². The van der Waals surface area contributed by atoms with Gasteiger partial charge in [-0.05, 0) is 43.4 Å². The second-order valence-electron chi connectivity index (χ2n) is 7.74. The van der Waals surface area contributed by atoms with E-state index in [2.05, 4.69) is 26.1 Å². The number of benzene rings is 1. The number of carbonyl (C=O) groups is 2. The number of carbonyl (C=O) groups excluding carboxylic acids is 2. The molecule has 1 aliphatic carbocycles. The monoisotopic (exact) mass is 507 g/mol. The Hall–Kier alpha value is -1.77. The first-order valence-electron chi connectivity index (χ1n) is 9.98. The number of ketones is 1. The molecule has 156 valence electrons. The highest BCUT2D eigenvalue weighted by Crippen LogP contribution is 2.49. The average molecular weight is 509 g/mol. The lowest BCUT2D eigenvalue weighted by Gasteiger charge is -2.37. The van der Waals surface area contributed by atoms with E-state index in [9.17, 15) is 9.59 Å². The van der Waals surface area contributed by atoms with Crippen LogP contribution in [0.2, 0.25) is 0 Å². The van der Waals surface area contributed by atoms with E-state index in [0.717, 1.165) is 27.9 Å². The second kappa shape index (κ2) is 7.73. The molecule has 4 unspecified atom stereocenters. The number of fused-ring (bicyclic) bond motifs is 1. The van der Waals surface area contributed by atoms with E-state index in [4.69, 9.17) is 16.3 Å². The fraction of sp³-hybridized carbons (Fsp3) is 0.429. The van der Waals surface area contributed by atoms with Gasteiger partial charge in [0, 0.05) is 9.85 Å². The first kappa shape index (κ1) is 20.2. The van der Waals surface area contributed by atoms with Crippen molar-refractivity contribution in [3.05, 3.63) is 50.6 Å². The molecule has 2 aliphatic heterocycles. The molecule has 1 fully saturated rings. The molecule has 1 aromatic heterocycles. The molecule has 9 heteroatoms. The van der Waals surface area contributed by atoms with Gasteiger partial charge in [0.15, 0.2) is 11.5 Å². The first-order valence-corrected chi connectivity index (χ1v) is 12.0. The van der Waals surface area contributed by atoms with Gasteiger partial charge in [-0.15, -0.1) is 21.8 Å². The normalized spacial score (nSPS) is 28.4. The predicted octanol–water partition coefficient (Wildman–Crippen LogP) is 4.58. The van der Waals surface area contributed by atoms with Crippen molar-refractivity contribution in [1.82, 2.24) is 10.2 Å². The van der Waals surface area contributed by atoms with E-state index in [1.807, 2.05) is 31.2 Å². The van der Waals surface area contributed by atoms with Crippen molar-refractivity contribution in [2.24, 2.45) is 5.92 Å². The van der Waals surface area contributed by atoms with Crippen molar-refractivity contribution in [3.63, 3.8) is 0 Å². The van der Waals surface area contributed by atoms with Crippen molar-refractivity contribution in [3.8, 4) is 0 Å². The van der Waals surface area contributed by atoms with Gasteiger partial charge in [-0.3, -0.25) is 14.5 Å². The number of alkyl halides is 1. The van der Waals surface area contributed by atoms with Crippen molar-refractivity contribution >= 4 is 55.7 Å². The molecule has 6 nitrogen and oxygen atoms in total. The summed E-state index contributed by atoms with van der Waals surface area (Å²) < 4.78 is 7.08. The zero-order valence-corrected chi connectivity index (χ0v) is 19.3. The van der Waals surface area contributed by atoms with E-state index >= 15 is 0 Å². The average Bonchev–Trinajstić information content (AvgIpc) is 3.32. The number of Topliss-reactive ketones (excluding diaryl/α,β-unsaturated/α-hetero) is 1. The molecule has 0 bridgehead atoms. The van der Waals surface area contributed by atoms with Crippen LogP contribution in [0.4, 0.5) is 5.13 Å². The lowest BCUT2D eigenvalue weighted by Crippen LogP contribution is -2.41. The van der Waals surface area contributed by atoms with Gasteiger partial charge in [0.05, 0.1) is 17.5 Å². The Bertz CT molecular complexity index is 1050. The van der Waals surface area contributed by atoms with E-state index in [-0.39, 0.29) is 34.8 Å². The summed E-state index contributed by atoms with van der Waals surface area (Å²) in [6, 6.07) is 7.05. The third-order valence-electron chi connectivity index (χ3n) is 5.93. The highest BCUT2D eigenvalue weighted by Gasteiger charge is 2.53. The van der Waals surface area contributed by atoms with Gasteiger partial charge in [0.2, 0.25) is 5.13 Å². The summed E-state index contributed by atoms with van der Waals surface area (Å²) in [5.74, 6) is -0.506. The number of hydrogen-bond donors (Lipinski definition) is 0. The molecule has 0 radical (unpaired) electrons. The Labute approximate surface area is 191 Å². The fourth-order valence-corrected chi connectivity index (χ4v) is 5.85. The van der Waals surface area contributed by atoms with Crippen LogP contribution >= 0.6 is 38.9 Å². The van der Waals surface area contributed by atoms with Crippen LogP contribution in [0.25, 0.3) is 0 Å². The molecule has 0 saturated heterocycles. The van der Waals surface area contributed by atoms with Crippen molar-refractivity contribution in [1.29, 1.82) is 0 Å². The summed E-state index contributed by atoms with van der Waals surface area (Å²) in [6.45, 7) is 1.99. The summed E-state index contributed by atoms with van der Waals surface area (Å²) in [6.07, 6.45) is 2.47. The third kappa shape index (κ3) is 3.20. The molecule has 2 aromatic rings. The van der Waals surface area contributed by atoms with Crippen LogP contribution in [0.5, 0.6) is 0 Å². The molecule has 30 heavy (non-hydrogen) atoms. The predicted molar refractivity (Wildman–Crippen MR) is 118 cm³/mol. The molecular weight excluding hydrogens is 490 g/mol. The number of anilines is 1. The number of aryl methyl sites for hydroxylation is 1. The quantitative estimate of drug-likeness (QED) is 0.568. The number of aromatic nitrogens is 2. The Balaban J connectivity index is 1.63. The zero-order valence-electron chi connectivity index (χ0n) is 16.2. The molecule has 5 rings (SSSR count). The summed E-state index contributed by atoms with van der Waals surface area (Å²) in [5.41, 5.74) is 1.25. The second-order valence-corrected chi connectivity index (χ2v) is 10.3. The van der Waals surface area contributed by atoms with Crippen LogP contribution in [0.1, 0.15) is 42.8 Å². The Morgan fingerprint density at radius 1 is 1.23 bits per heavy atom. The van der Waals surface area contributed by atoms with Crippen LogP contribution < -0.4 is 4.90 Å². The molecular formula is C21H19BrClN3O3S. The minimum atomic E-state index is -0.581. The number of rotatable bonds is 3. The molecule has 0 N–H and O–H groups in total. The van der Waals surface area contributed by atoms with Crippen molar-refractivity contribution < 1.29 is 14.3 Å². The zero-order chi connectivity index (χ0) is 21.0. The topological polar surface area (TPSA) is 72.4 Å². The van der Waals surface area contributed by atoms with Crippen LogP contribution in [0.15, 0.2) is 40.1 Å². The summed E-state index contributed by atoms with van der Waals surface area (Å²) in [4.78, 5) is 28.6. The van der Waals surface area contributed by atoms with Crippen LogP contribution in [0, 0.1) is 5.92 Å². The number of ether oxygens (including phenoxy) is 1. The van der Waals surface area contributed by atoms with Gasteiger partial charge in [-0.2, -0.15) is 0 Å². The van der Waals surface area contributed by atoms with Crippen LogP contribution in [-0.4, -0.2) is 33.4 Å². The van der Waals surface area contributed by atoms with Gasteiger partial charge < -0.3 is 4.74 Å². The minimum absolute atomic E-state index is 0.0319. The maximum absolute atomic E-state index is 13.6. The number of halogens is 2. The van der Waals surface area contributed by atoms with Gasteiger partial charge in [0.1, 0.15) is 11.1 Å². The summed E-state index contributed by atoms with van der Waals surface area (Å²) >= 11 is 11.2. The Morgan fingerprint density at radius 3 is 2.70 bits per heavy atom. The number of hydrogen-bond acceptors (Lipinski definition) is 6. The molecule has 1 aromatic carbocycles. The van der Waals surface area contributed by atoms with Crippen molar-refractivity contribution in [2.75, 3.05) is 4.90 Å². The molecule has 3 heterocycles. The minimum Gasteiger partial charge on any atom is -0.483 e. The SMILES string of the molecule is CCc1nnc(N2C(=O)C3=C(C(=O)C4CC(Cl)CCC4O3)C2c2ccc(Br)cc2)s1. The smallest absolute Gasteiger partial charge is 0.296 e. The molecule has 4 atom stereocenters. The standard InChI is InChI=1S/C21H19BrClN3O3S/c1-2-15-24-25-21(30-15)26-17(10-3-5-11(22)6-4-10)16-18(27)13-9-12(23)7-8-14(13)29-19(16)20(26)28/h3-6,12-14,17H,2,7-9H2,1H3. The maximum Gasteiger partial charge on any atom is 0.296 e. The molecule has 0 spiro atoms. The van der Waals surface area contributed by atoms with Crippen LogP contribution in [0.3, 0.4) is 0 Å². The van der Waals surface area contributed by atoms with Crippen molar-refractivity contribution in [2.45, 2.75) is 50.1 Å². The highest BCUT2D eigenvalue weighted by atomic mass is 79.9. The summed E-state index contributed by atoms with van der Waals surface area (Å²) in [7, 11) is 0. The third-order valence-corrected chi connectivity index (χ3v) is 7.93. The first-order chi connectivity index (χ1) is 14.5. The fourth-order valence-electron chi connectivity index (χ4n) is 4.46. The van der Waals surface area contributed by atoms with E-state index in [0.29, 0.717) is 23.5 Å². The number of amides is 1. The number of nitrogens with zero attached hydrogens (tertiary/aromatic N) is 3. The van der Waals surface area contributed by atoms with Gasteiger partial charge in [0.25, 0.3) is 5.91 Å². The Kier molecular flexibility index (Phi) is 5.19. The largest absolute Gasteiger partial charge is 0.483 e. The Morgan fingerprint density at radius 2 is 2.00 bits per heavy atom. The highest BCUT2D eigenvalue weighted by molar-refractivity contribution is 9.10. The van der Waals surface area contributed by atoms with Gasteiger partial charge in [-0.25, -0.2) is 0 Å². The van der Waals surface area contributed by atoms with E-state index in [1.54, 1.807) is 4.90 Å². The van der Waals surface area contributed by atoms with E-state index in [1.165, 1.54) is 11.3 Å². The lowest BCUT2D eigenvalue weighted by molar-refractivity contribution is -0.131. The summed E-state index contributed by atoms with van der Waals surface area (Å²) in [5, 5.41) is 9.70. The van der Waals surface area contributed by atoms with E-state index < -0.39 is 6.04 Å². The molecule has 1 saturated carbocycles. The molecule has 1 amide bonds.